The number of carbonyl (C=O) groups excluding carboxylic acids is 1. The Kier molecular flexibility index (Phi) is 5.95. The molecule has 0 saturated heterocycles. The van der Waals surface area contributed by atoms with Crippen LogP contribution in [-0.2, 0) is 13.1 Å². The van der Waals surface area contributed by atoms with Crippen LogP contribution in [0.4, 0.5) is 0 Å². The van der Waals surface area contributed by atoms with E-state index in [0.29, 0.717) is 30.2 Å². The number of aryl methyl sites for hydroxylation is 2. The maximum Gasteiger partial charge on any atom is 0.258 e. The topological polar surface area (TPSA) is 59.0 Å². The zero-order valence-electron chi connectivity index (χ0n) is 16.9. The van der Waals surface area contributed by atoms with E-state index in [9.17, 15) is 4.79 Å². The number of benzene rings is 2. The van der Waals surface area contributed by atoms with Gasteiger partial charge in [-0.2, -0.15) is 0 Å². The minimum atomic E-state index is -0.0921. The van der Waals surface area contributed by atoms with Gasteiger partial charge in [-0.25, -0.2) is 15.0 Å². The molecule has 0 unspecified atom stereocenters. The molecule has 0 aliphatic rings. The summed E-state index contributed by atoms with van der Waals surface area (Å²) in [6, 6.07) is 19.8. The molecule has 150 valence electrons. The molecule has 0 fully saturated rings. The summed E-state index contributed by atoms with van der Waals surface area (Å²) in [6.07, 6.45) is 1.64. The SMILES string of the molecule is Cc1ncc(C(=O)N(Cc2ccccc2)Cc2scnc2C)c(-c2ccccc2)n1. The van der Waals surface area contributed by atoms with Gasteiger partial charge in [-0.1, -0.05) is 60.7 Å². The number of carbonyl (C=O) groups is 1. The lowest BCUT2D eigenvalue weighted by molar-refractivity contribution is 0.0731. The van der Waals surface area contributed by atoms with Crippen LogP contribution in [-0.4, -0.2) is 25.8 Å². The number of hydrogen-bond donors (Lipinski definition) is 0. The number of thiazole rings is 1. The third kappa shape index (κ3) is 4.44. The van der Waals surface area contributed by atoms with Crippen molar-refractivity contribution in [2.75, 3.05) is 0 Å². The summed E-state index contributed by atoms with van der Waals surface area (Å²) in [5.41, 5.74) is 5.91. The molecule has 1 amide bonds. The molecule has 0 radical (unpaired) electrons. The molecular weight excluding hydrogens is 392 g/mol. The molecule has 30 heavy (non-hydrogen) atoms. The first-order valence-electron chi connectivity index (χ1n) is 9.73. The number of nitrogens with zero attached hydrogens (tertiary/aromatic N) is 4. The summed E-state index contributed by atoms with van der Waals surface area (Å²) in [7, 11) is 0. The molecule has 0 atom stereocenters. The van der Waals surface area contributed by atoms with Gasteiger partial charge in [-0.15, -0.1) is 11.3 Å². The van der Waals surface area contributed by atoms with Crippen LogP contribution in [0.15, 0.2) is 72.4 Å². The van der Waals surface area contributed by atoms with Crippen molar-refractivity contribution in [2.24, 2.45) is 0 Å². The van der Waals surface area contributed by atoms with E-state index >= 15 is 0 Å². The van der Waals surface area contributed by atoms with Gasteiger partial charge in [0.15, 0.2) is 0 Å². The molecule has 5 nitrogen and oxygen atoms in total. The monoisotopic (exact) mass is 414 g/mol. The van der Waals surface area contributed by atoms with Crippen LogP contribution in [0.3, 0.4) is 0 Å². The Morgan fingerprint density at radius 1 is 0.933 bits per heavy atom. The normalized spacial score (nSPS) is 10.7. The number of aromatic nitrogens is 3. The molecule has 0 saturated carbocycles. The third-order valence-electron chi connectivity index (χ3n) is 4.87. The minimum Gasteiger partial charge on any atom is -0.329 e. The van der Waals surface area contributed by atoms with Gasteiger partial charge in [0, 0.05) is 23.2 Å². The molecule has 4 aromatic rings. The van der Waals surface area contributed by atoms with Crippen molar-refractivity contribution in [3.8, 4) is 11.3 Å². The van der Waals surface area contributed by atoms with Crippen LogP contribution >= 0.6 is 11.3 Å². The van der Waals surface area contributed by atoms with Gasteiger partial charge in [-0.3, -0.25) is 4.79 Å². The third-order valence-corrected chi connectivity index (χ3v) is 5.79. The summed E-state index contributed by atoms with van der Waals surface area (Å²) in [5.74, 6) is 0.545. The molecule has 0 bridgehead atoms. The molecule has 2 heterocycles. The Hall–Kier alpha value is -3.38. The summed E-state index contributed by atoms with van der Waals surface area (Å²) in [4.78, 5) is 29.9. The van der Waals surface area contributed by atoms with E-state index in [2.05, 4.69) is 15.0 Å². The van der Waals surface area contributed by atoms with Gasteiger partial charge < -0.3 is 4.90 Å². The maximum atomic E-state index is 13.7. The highest BCUT2D eigenvalue weighted by atomic mass is 32.1. The molecule has 0 N–H and O–H groups in total. The first-order chi connectivity index (χ1) is 14.6. The highest BCUT2D eigenvalue weighted by molar-refractivity contribution is 7.09. The largest absolute Gasteiger partial charge is 0.329 e. The highest BCUT2D eigenvalue weighted by Crippen LogP contribution is 2.25. The Labute approximate surface area is 180 Å². The molecule has 4 rings (SSSR count). The Bertz CT molecular complexity index is 1140. The predicted molar refractivity (Wildman–Crippen MR) is 119 cm³/mol. The van der Waals surface area contributed by atoms with Crippen molar-refractivity contribution in [2.45, 2.75) is 26.9 Å². The lowest BCUT2D eigenvalue weighted by Gasteiger charge is -2.23. The summed E-state index contributed by atoms with van der Waals surface area (Å²) >= 11 is 1.57. The maximum absolute atomic E-state index is 13.7. The second-order valence-electron chi connectivity index (χ2n) is 7.05. The van der Waals surface area contributed by atoms with Crippen LogP contribution in [0.5, 0.6) is 0 Å². The molecule has 0 aliphatic heterocycles. The lowest BCUT2D eigenvalue weighted by atomic mass is 10.1. The molecular formula is C24H22N4OS. The van der Waals surface area contributed by atoms with Gasteiger partial charge in [-0.05, 0) is 19.4 Å². The Morgan fingerprint density at radius 3 is 2.30 bits per heavy atom. The lowest BCUT2D eigenvalue weighted by Crippen LogP contribution is -2.31. The van der Waals surface area contributed by atoms with Crippen LogP contribution in [0.2, 0.25) is 0 Å². The average Bonchev–Trinajstić information content (AvgIpc) is 3.18. The fourth-order valence-corrected chi connectivity index (χ4v) is 4.06. The second kappa shape index (κ2) is 8.97. The van der Waals surface area contributed by atoms with Gasteiger partial charge in [0.25, 0.3) is 5.91 Å². The van der Waals surface area contributed by atoms with Crippen molar-refractivity contribution in [3.63, 3.8) is 0 Å². The average molecular weight is 415 g/mol. The summed E-state index contributed by atoms with van der Waals surface area (Å²) in [5, 5.41) is 0. The van der Waals surface area contributed by atoms with E-state index in [0.717, 1.165) is 21.7 Å². The van der Waals surface area contributed by atoms with Crippen LogP contribution in [0, 0.1) is 13.8 Å². The molecule has 2 aromatic heterocycles. The number of hydrogen-bond acceptors (Lipinski definition) is 5. The van der Waals surface area contributed by atoms with Crippen molar-refractivity contribution >= 4 is 17.2 Å². The first kappa shape index (κ1) is 19.9. The minimum absolute atomic E-state index is 0.0921. The van der Waals surface area contributed by atoms with Crippen molar-refractivity contribution in [3.05, 3.63) is 99.9 Å². The van der Waals surface area contributed by atoms with E-state index < -0.39 is 0 Å². The van der Waals surface area contributed by atoms with Crippen LogP contribution < -0.4 is 0 Å². The number of amides is 1. The molecule has 6 heteroatoms. The van der Waals surface area contributed by atoms with Crippen LogP contribution in [0.1, 0.15) is 32.3 Å². The van der Waals surface area contributed by atoms with Gasteiger partial charge in [0.2, 0.25) is 0 Å². The van der Waals surface area contributed by atoms with Crippen molar-refractivity contribution < 1.29 is 4.79 Å². The molecule has 0 spiro atoms. The second-order valence-corrected chi connectivity index (χ2v) is 7.99. The van der Waals surface area contributed by atoms with E-state index in [4.69, 9.17) is 0 Å². The van der Waals surface area contributed by atoms with Gasteiger partial charge >= 0.3 is 0 Å². The molecule has 0 aliphatic carbocycles. The summed E-state index contributed by atoms with van der Waals surface area (Å²) < 4.78 is 0. The van der Waals surface area contributed by atoms with E-state index in [1.165, 1.54) is 0 Å². The van der Waals surface area contributed by atoms with Gasteiger partial charge in [0.1, 0.15) is 5.82 Å². The van der Waals surface area contributed by atoms with E-state index in [1.807, 2.05) is 84.9 Å². The molecule has 2 aromatic carbocycles. The quantitative estimate of drug-likeness (QED) is 0.442. The van der Waals surface area contributed by atoms with E-state index in [1.54, 1.807) is 17.5 Å². The van der Waals surface area contributed by atoms with Crippen molar-refractivity contribution in [1.29, 1.82) is 0 Å². The Balaban J connectivity index is 1.74. The predicted octanol–water partition coefficient (Wildman–Crippen LogP) is 5.06. The van der Waals surface area contributed by atoms with Crippen LogP contribution in [0.25, 0.3) is 11.3 Å². The summed E-state index contributed by atoms with van der Waals surface area (Å²) in [6.45, 7) is 4.80. The van der Waals surface area contributed by atoms with Gasteiger partial charge in [0.05, 0.1) is 29.0 Å². The fraction of sp³-hybridized carbons (Fsp3) is 0.167. The highest BCUT2D eigenvalue weighted by Gasteiger charge is 2.23. The number of rotatable bonds is 6. The van der Waals surface area contributed by atoms with E-state index in [-0.39, 0.29) is 5.91 Å². The smallest absolute Gasteiger partial charge is 0.258 e. The standard InChI is InChI=1S/C24H22N4OS/c1-17-22(30-16-26-17)15-28(14-19-9-5-3-6-10-19)24(29)21-13-25-18(2)27-23(21)20-11-7-4-8-12-20/h3-13,16H,14-15H2,1-2H3. The van der Waals surface area contributed by atoms with Crippen molar-refractivity contribution in [1.82, 2.24) is 19.9 Å². The first-order valence-corrected chi connectivity index (χ1v) is 10.6. The fourth-order valence-electron chi connectivity index (χ4n) is 3.27. The Morgan fingerprint density at radius 2 is 1.63 bits per heavy atom. The zero-order valence-corrected chi connectivity index (χ0v) is 17.8. The zero-order chi connectivity index (χ0) is 20.9.